The van der Waals surface area contributed by atoms with Gasteiger partial charge in [0, 0.05) is 43.9 Å². The number of nitrogens with two attached hydrogens (primary N) is 1. The number of fused-ring (bicyclic) bond motifs is 1. The molecule has 0 saturated carbocycles. The van der Waals surface area contributed by atoms with Gasteiger partial charge >= 0.3 is 0 Å². The van der Waals surface area contributed by atoms with E-state index in [1.165, 1.54) is 20.2 Å². The summed E-state index contributed by atoms with van der Waals surface area (Å²) < 4.78 is 11.5. The maximum absolute atomic E-state index is 12.3. The third kappa shape index (κ3) is 5.81. The van der Waals surface area contributed by atoms with Crippen LogP contribution in [0.5, 0.6) is 11.5 Å². The van der Waals surface area contributed by atoms with Gasteiger partial charge in [-0.05, 0) is 36.1 Å². The van der Waals surface area contributed by atoms with Gasteiger partial charge in [0.1, 0.15) is 0 Å². The third-order valence-electron chi connectivity index (χ3n) is 5.91. The van der Waals surface area contributed by atoms with Crippen LogP contribution in [0.25, 0.3) is 10.9 Å². The molecule has 0 saturated heterocycles. The number of pyridine rings is 1. The van der Waals surface area contributed by atoms with Crippen molar-refractivity contribution in [3.8, 4) is 11.5 Å². The van der Waals surface area contributed by atoms with E-state index in [2.05, 4.69) is 10.3 Å². The molecule has 0 spiro atoms. The smallest absolute Gasteiger partial charge is 0.252 e. The Morgan fingerprint density at radius 3 is 2.63 bits per heavy atom. The van der Waals surface area contributed by atoms with Crippen LogP contribution < -0.4 is 20.5 Å². The molecule has 9 nitrogen and oxygen atoms in total. The number of methoxy groups -OCH3 is 1. The predicted octanol–water partition coefficient (Wildman–Crippen LogP) is 3.39. The number of carbonyl (C=O) groups is 2. The zero-order chi connectivity index (χ0) is 25.5. The second-order valence-electron chi connectivity index (χ2n) is 8.15. The number of amides is 2. The third-order valence-corrected chi connectivity index (χ3v) is 5.91. The number of primary amides is 1. The van der Waals surface area contributed by atoms with Gasteiger partial charge < -0.3 is 30.5 Å². The van der Waals surface area contributed by atoms with Crippen molar-refractivity contribution in [1.82, 2.24) is 9.88 Å². The first-order valence-corrected chi connectivity index (χ1v) is 11.4. The molecule has 35 heavy (non-hydrogen) atoms. The van der Waals surface area contributed by atoms with Gasteiger partial charge in [0.05, 0.1) is 37.1 Å². The number of benzene rings is 2. The minimum atomic E-state index is -0.618. The number of aliphatic hydroxyl groups excluding tert-OH is 1. The van der Waals surface area contributed by atoms with Crippen LogP contribution in [0.1, 0.15) is 41.8 Å². The standard InChI is InChI=1S/C26H32N4O5/c1-5-18-17(15-31)8-6-9-21(18)29-25-19-12-23(34-4)24(35-11-7-10-30(3)16(2)32)13-22(19)28-14-20(25)26(27)33/h6,8-9,12-14,31H,5,7,10-11,15H2,1-4H3,(H2,27,33)(H,28,29). The van der Waals surface area contributed by atoms with Crippen LogP contribution in [0, 0.1) is 0 Å². The number of hydrogen-bond donors (Lipinski definition) is 3. The number of anilines is 2. The maximum Gasteiger partial charge on any atom is 0.252 e. The van der Waals surface area contributed by atoms with Crippen LogP contribution in [0.15, 0.2) is 36.5 Å². The first-order valence-electron chi connectivity index (χ1n) is 11.4. The Morgan fingerprint density at radius 2 is 2.00 bits per heavy atom. The molecule has 9 heteroatoms. The average molecular weight is 481 g/mol. The Kier molecular flexibility index (Phi) is 8.48. The molecule has 2 aromatic carbocycles. The van der Waals surface area contributed by atoms with Gasteiger partial charge in [-0.1, -0.05) is 19.1 Å². The molecule has 4 N–H and O–H groups in total. The summed E-state index contributed by atoms with van der Waals surface area (Å²) in [6.07, 6.45) is 2.78. The molecule has 3 rings (SSSR count). The molecule has 3 aromatic rings. The van der Waals surface area contributed by atoms with Gasteiger partial charge in [0.2, 0.25) is 5.91 Å². The summed E-state index contributed by atoms with van der Waals surface area (Å²) in [5.41, 5.74) is 9.51. The van der Waals surface area contributed by atoms with Crippen LogP contribution >= 0.6 is 0 Å². The van der Waals surface area contributed by atoms with Crippen LogP contribution in [-0.2, 0) is 17.8 Å². The van der Waals surface area contributed by atoms with Crippen LogP contribution in [-0.4, -0.2) is 54.1 Å². The SMILES string of the molecule is CCc1c(CO)cccc1Nc1c(C(N)=O)cnc2cc(OCCCN(C)C(C)=O)c(OC)cc12. The molecule has 2 amide bonds. The van der Waals surface area contributed by atoms with Crippen molar-refractivity contribution >= 4 is 34.1 Å². The molecule has 1 heterocycles. The number of nitrogens with zero attached hydrogens (tertiary/aromatic N) is 2. The number of rotatable bonds is 11. The molecule has 0 bridgehead atoms. The normalized spacial score (nSPS) is 10.8. The van der Waals surface area contributed by atoms with E-state index >= 15 is 0 Å². The van der Waals surface area contributed by atoms with E-state index in [0.717, 1.165) is 16.8 Å². The van der Waals surface area contributed by atoms with Gasteiger partial charge in [0.15, 0.2) is 11.5 Å². The van der Waals surface area contributed by atoms with Crippen molar-refractivity contribution < 1.29 is 24.2 Å². The summed E-state index contributed by atoms with van der Waals surface area (Å²) in [6.45, 7) is 4.40. The molecule has 0 aliphatic carbocycles. The summed E-state index contributed by atoms with van der Waals surface area (Å²) in [7, 11) is 3.28. The fourth-order valence-electron chi connectivity index (χ4n) is 3.89. The van der Waals surface area contributed by atoms with Crippen LogP contribution in [0.4, 0.5) is 11.4 Å². The number of hydrogen-bond acceptors (Lipinski definition) is 7. The molecule has 0 unspecified atom stereocenters. The topological polar surface area (TPSA) is 127 Å². The van der Waals surface area contributed by atoms with Crippen molar-refractivity contribution in [3.63, 3.8) is 0 Å². The molecule has 1 aromatic heterocycles. The Balaban J connectivity index is 2.01. The minimum Gasteiger partial charge on any atom is -0.493 e. The first-order chi connectivity index (χ1) is 16.8. The number of ether oxygens (including phenoxy) is 2. The molecule has 186 valence electrons. The summed E-state index contributed by atoms with van der Waals surface area (Å²) in [5.74, 6) is 0.363. The largest absolute Gasteiger partial charge is 0.493 e. The van der Waals surface area contributed by atoms with Gasteiger partial charge in [-0.25, -0.2) is 0 Å². The fourth-order valence-corrected chi connectivity index (χ4v) is 3.89. The minimum absolute atomic E-state index is 0.00136. The summed E-state index contributed by atoms with van der Waals surface area (Å²) in [4.78, 5) is 29.7. The van der Waals surface area contributed by atoms with Gasteiger partial charge in [0.25, 0.3) is 5.91 Å². The highest BCUT2D eigenvalue weighted by atomic mass is 16.5. The van der Waals surface area contributed by atoms with Crippen molar-refractivity contribution in [2.75, 3.05) is 32.6 Å². The zero-order valence-electron chi connectivity index (χ0n) is 20.6. The number of carbonyl (C=O) groups excluding carboxylic acids is 2. The monoisotopic (exact) mass is 480 g/mol. The van der Waals surface area contributed by atoms with E-state index in [4.69, 9.17) is 15.2 Å². The van der Waals surface area contributed by atoms with Gasteiger partial charge in [-0.3, -0.25) is 14.6 Å². The Morgan fingerprint density at radius 1 is 1.23 bits per heavy atom. The van der Waals surface area contributed by atoms with Gasteiger partial charge in [-0.2, -0.15) is 0 Å². The highest BCUT2D eigenvalue weighted by Crippen LogP contribution is 2.38. The van der Waals surface area contributed by atoms with Crippen molar-refractivity contribution in [1.29, 1.82) is 0 Å². The number of nitrogens with one attached hydrogen (secondary N) is 1. The molecule has 0 aliphatic heterocycles. The van der Waals surface area contributed by atoms with E-state index in [1.54, 1.807) is 24.1 Å². The van der Waals surface area contributed by atoms with Crippen molar-refractivity contribution in [2.45, 2.75) is 33.3 Å². The maximum atomic E-state index is 12.3. The zero-order valence-corrected chi connectivity index (χ0v) is 20.6. The fraction of sp³-hybridized carbons (Fsp3) is 0.346. The lowest BCUT2D eigenvalue weighted by Crippen LogP contribution is -2.25. The lowest BCUT2D eigenvalue weighted by Gasteiger charge is -2.19. The Labute approximate surface area is 204 Å². The average Bonchev–Trinajstić information content (AvgIpc) is 2.85. The van der Waals surface area contributed by atoms with E-state index in [0.29, 0.717) is 54.1 Å². The van der Waals surface area contributed by atoms with E-state index in [-0.39, 0.29) is 18.1 Å². The van der Waals surface area contributed by atoms with Crippen LogP contribution in [0.2, 0.25) is 0 Å². The highest BCUT2D eigenvalue weighted by Gasteiger charge is 2.18. The second-order valence-corrected chi connectivity index (χ2v) is 8.15. The Bertz CT molecular complexity index is 1230. The van der Waals surface area contributed by atoms with Crippen molar-refractivity contribution in [3.05, 3.63) is 53.2 Å². The summed E-state index contributed by atoms with van der Waals surface area (Å²) in [5, 5.41) is 13.7. The molecule has 0 fully saturated rings. The quantitative estimate of drug-likeness (QED) is 0.359. The molecule has 0 aliphatic rings. The van der Waals surface area contributed by atoms with Crippen LogP contribution in [0.3, 0.4) is 0 Å². The second kappa shape index (κ2) is 11.5. The Hall–Kier alpha value is -3.85. The molecular formula is C26H32N4O5. The van der Waals surface area contributed by atoms with Gasteiger partial charge in [-0.15, -0.1) is 0 Å². The molecule has 0 radical (unpaired) electrons. The van der Waals surface area contributed by atoms with E-state index in [1.807, 2.05) is 25.1 Å². The first kappa shape index (κ1) is 25.8. The highest BCUT2D eigenvalue weighted by molar-refractivity contribution is 6.08. The lowest BCUT2D eigenvalue weighted by atomic mass is 10.0. The van der Waals surface area contributed by atoms with Crippen molar-refractivity contribution in [2.24, 2.45) is 5.73 Å². The predicted molar refractivity (Wildman–Crippen MR) is 135 cm³/mol. The number of aliphatic hydroxyl groups is 1. The van der Waals surface area contributed by atoms with E-state index < -0.39 is 5.91 Å². The summed E-state index contributed by atoms with van der Waals surface area (Å²) in [6, 6.07) is 9.11. The number of aromatic nitrogens is 1. The summed E-state index contributed by atoms with van der Waals surface area (Å²) >= 11 is 0. The molecular weight excluding hydrogens is 448 g/mol. The lowest BCUT2D eigenvalue weighted by molar-refractivity contribution is -0.127. The molecule has 0 atom stereocenters. The van der Waals surface area contributed by atoms with E-state index in [9.17, 15) is 14.7 Å².